The Kier molecular flexibility index (Phi) is 7860. The van der Waals surface area contributed by atoms with Gasteiger partial charge in [-0.2, -0.15) is 0 Å². The third-order valence-corrected chi connectivity index (χ3v) is 0. The van der Waals surface area contributed by atoms with Crippen LogP contribution in [0.15, 0.2) is 0 Å². The fourth-order valence-corrected chi connectivity index (χ4v) is 0. The first-order valence-corrected chi connectivity index (χ1v) is 0. The Bertz CT molecular complexity index is 7.51. The summed E-state index contributed by atoms with van der Waals surface area (Å²) in [6, 6.07) is 0. The average Bonchev–Trinajstić information content (AvgIpc) is 0. The van der Waals surface area contributed by atoms with Crippen LogP contribution in [0.5, 0.6) is 0 Å². The molecule has 0 aromatic rings. The van der Waals surface area contributed by atoms with Crippen LogP contribution >= 0.6 is 0 Å². The van der Waals surface area contributed by atoms with Crippen LogP contribution in [0.4, 0.5) is 0 Å². The van der Waals surface area contributed by atoms with Crippen molar-refractivity contribution in [3.8, 4) is 0 Å². The second kappa shape index (κ2) is 167. The van der Waals surface area contributed by atoms with Crippen molar-refractivity contribution in [2.75, 3.05) is 0 Å². The molecule has 0 aromatic heterocycles. The molecular weight excluding hydrogens is 218 g/mol. The van der Waals surface area contributed by atoms with Gasteiger partial charge in [-0.1, -0.05) is 0 Å². The molecule has 0 aliphatic heterocycles. The van der Waals surface area contributed by atoms with Crippen molar-refractivity contribution >= 4 is 23.9 Å². The molecule has 6 heteroatoms. The van der Waals surface area contributed by atoms with Gasteiger partial charge in [-0.3, -0.25) is 0 Å². The molecule has 0 spiro atoms. The first-order valence-electron chi connectivity index (χ1n) is 0. The van der Waals surface area contributed by atoms with Crippen LogP contribution in [0.1, 0.15) is 0 Å². The van der Waals surface area contributed by atoms with Crippen LogP contribution in [0.2, 0.25) is 0 Å². The maximum atomic E-state index is 0. The summed E-state index contributed by atoms with van der Waals surface area (Å²) in [6.45, 7) is 0. The maximum absolute atomic E-state index is 0. The van der Waals surface area contributed by atoms with E-state index >= 15 is 0 Å². The van der Waals surface area contributed by atoms with Crippen molar-refractivity contribution in [2.45, 2.75) is 0 Å². The van der Waals surface area contributed by atoms with Gasteiger partial charge in [-0.25, -0.2) is 0 Å². The van der Waals surface area contributed by atoms with Crippen molar-refractivity contribution in [1.29, 1.82) is 0 Å². The minimum absolute atomic E-state index is 0. The molecule has 0 bridgehead atoms. The molecule has 0 unspecified atom stereocenters. The third-order valence-electron chi connectivity index (χ3n) is 0. The van der Waals surface area contributed by atoms with Crippen LogP contribution in [0, 0.1) is 0 Å². The molecule has 40 valence electrons. The summed E-state index contributed by atoms with van der Waals surface area (Å²) < 4.78 is 0. The van der Waals surface area contributed by atoms with Gasteiger partial charge in [0.05, 0.1) is 0 Å². The van der Waals surface area contributed by atoms with Gasteiger partial charge in [0.25, 0.3) is 0 Å². The number of halogens is 1. The normalized spacial score (nSPS) is 0. The first-order chi connectivity index (χ1) is 0. The summed E-state index contributed by atoms with van der Waals surface area (Å²) in [5.41, 5.74) is 0. The van der Waals surface area contributed by atoms with Gasteiger partial charge in [-0.15, -0.1) is 0 Å². The fraction of sp³-hybridized carbons (Fsp3) is 0. The molecule has 4 nitrogen and oxygen atoms in total. The fourth-order valence-electron chi connectivity index (χ4n) is 0. The Morgan fingerprint density at radius 2 is 0.500 bits per heavy atom. The minimum atomic E-state index is 0. The van der Waals surface area contributed by atoms with E-state index < -0.39 is 0 Å². The van der Waals surface area contributed by atoms with Crippen LogP contribution in [-0.2, 0) is 0 Å². The molecule has 0 saturated carbocycles. The third kappa shape index (κ3) is 88.2. The molecule has 0 saturated heterocycles. The van der Waals surface area contributed by atoms with E-state index in [2.05, 4.69) is 0 Å². The van der Waals surface area contributed by atoms with Crippen molar-refractivity contribution in [1.82, 2.24) is 0 Å². The number of hydrogen-bond acceptors (Lipinski definition) is 0. The Balaban J connectivity index is 0. The molecule has 8 N–H and O–H groups in total. The monoisotopic (exact) mass is 227 g/mol. The summed E-state index contributed by atoms with van der Waals surface area (Å²) in [6.07, 6.45) is 0. The van der Waals surface area contributed by atoms with Gasteiger partial charge in [-0.05, 0) is 0 Å². The second-order valence-corrected chi connectivity index (χ2v) is 0. The zero-order chi connectivity index (χ0) is 0. The molecule has 0 rings (SSSR count). The van der Waals surface area contributed by atoms with E-state index in [1.165, 1.54) is 0 Å². The van der Waals surface area contributed by atoms with Crippen molar-refractivity contribution in [3.05, 3.63) is 0 Å². The number of hydrogen-bond donors (Lipinski definition) is 0. The van der Waals surface area contributed by atoms with Crippen molar-refractivity contribution in [2.24, 2.45) is 0 Å². The summed E-state index contributed by atoms with van der Waals surface area (Å²) in [4.78, 5) is 0. The van der Waals surface area contributed by atoms with E-state index in [1.807, 2.05) is 0 Å². The molecule has 0 radical (unpaired) electrons. The molecule has 0 aliphatic carbocycles. The molecule has 0 aromatic carbocycles. The largest absolute Gasteiger partial charge is 4.00 e. The topological polar surface area (TPSA) is 126 Å². The van der Waals surface area contributed by atoms with Crippen molar-refractivity contribution in [3.63, 3.8) is 0 Å². The zero-order valence-electron chi connectivity index (χ0n) is 2.88. The molecule has 6 heavy (non-hydrogen) atoms. The Hall–Kier alpha value is 0.929. The van der Waals surface area contributed by atoms with E-state index in [4.69, 9.17) is 0 Å². The zero-order valence-corrected chi connectivity index (χ0v) is 6.49. The Morgan fingerprint density at radius 1 is 0.500 bits per heavy atom. The van der Waals surface area contributed by atoms with E-state index in [9.17, 15) is 0 Å². The summed E-state index contributed by atoms with van der Waals surface area (Å²) >= 11 is 0. The maximum Gasteiger partial charge on any atom is 4.00 e. The Morgan fingerprint density at radius 3 is 0.500 bits per heavy atom. The standard InChI is InChI=1S/ClH.4H2O.Sn/h1H;4*1H2;/q;;;;;+4/p-1. The van der Waals surface area contributed by atoms with Gasteiger partial charge >= 0.3 is 23.9 Å². The predicted molar refractivity (Wildman–Crippen MR) is 20.2 cm³/mol. The van der Waals surface area contributed by atoms with E-state index in [0.29, 0.717) is 0 Å². The van der Waals surface area contributed by atoms with Crippen LogP contribution in [0.3, 0.4) is 0 Å². The van der Waals surface area contributed by atoms with Gasteiger partial charge < -0.3 is 34.3 Å². The average molecular weight is 226 g/mol. The van der Waals surface area contributed by atoms with E-state index in [-0.39, 0.29) is 58.2 Å². The van der Waals surface area contributed by atoms with Crippen LogP contribution < -0.4 is 12.4 Å². The number of rotatable bonds is 0. The summed E-state index contributed by atoms with van der Waals surface area (Å²) in [7, 11) is 0. The molecule has 0 aliphatic rings. The molecule has 0 amide bonds. The molecule has 0 atom stereocenters. The van der Waals surface area contributed by atoms with E-state index in [1.54, 1.807) is 0 Å². The second-order valence-electron chi connectivity index (χ2n) is 0. The molecule has 0 heterocycles. The predicted octanol–water partition coefficient (Wildman–Crippen LogP) is -6.68. The molecule has 0 fully saturated rings. The van der Waals surface area contributed by atoms with Crippen LogP contribution in [-0.4, -0.2) is 45.8 Å². The minimum Gasteiger partial charge on any atom is -1.00 e. The smallest absolute Gasteiger partial charge is 1.00 e. The first kappa shape index (κ1) is 282. The van der Waals surface area contributed by atoms with Crippen LogP contribution in [0.25, 0.3) is 0 Å². The Labute approximate surface area is 58.5 Å². The van der Waals surface area contributed by atoms with Gasteiger partial charge in [0.1, 0.15) is 0 Å². The van der Waals surface area contributed by atoms with E-state index in [0.717, 1.165) is 0 Å². The summed E-state index contributed by atoms with van der Waals surface area (Å²) in [5.74, 6) is 0. The van der Waals surface area contributed by atoms with Crippen molar-refractivity contribution < 1.29 is 34.3 Å². The summed E-state index contributed by atoms with van der Waals surface area (Å²) in [5, 5.41) is 0. The SMILES string of the molecule is O.O.O.O.[Cl-].[Sn+4]. The van der Waals surface area contributed by atoms with Gasteiger partial charge in [0, 0.05) is 0 Å². The molecular formula is H8ClO4Sn+3. The van der Waals surface area contributed by atoms with Gasteiger partial charge in [0.2, 0.25) is 0 Å². The quantitative estimate of drug-likeness (QED) is 0.364. The van der Waals surface area contributed by atoms with Gasteiger partial charge in [0.15, 0.2) is 0 Å².